The summed E-state index contributed by atoms with van der Waals surface area (Å²) in [5.41, 5.74) is 1.32. The van der Waals surface area contributed by atoms with Crippen LogP contribution in [0.4, 0.5) is 0 Å². The summed E-state index contributed by atoms with van der Waals surface area (Å²) in [6.45, 7) is 5.71. The number of carbonyl (C=O) groups excluding carboxylic acids is 1. The molecule has 0 aromatic heterocycles. The van der Waals surface area contributed by atoms with E-state index in [4.69, 9.17) is 9.47 Å². The van der Waals surface area contributed by atoms with Gasteiger partial charge in [-0.05, 0) is 55.4 Å². The maximum absolute atomic E-state index is 14.2. The minimum Gasteiger partial charge on any atom is -0.497 e. The topological polar surface area (TPSA) is 50.8 Å². The maximum Gasteiger partial charge on any atom is 0.257 e. The van der Waals surface area contributed by atoms with Gasteiger partial charge in [-0.1, -0.05) is 68.7 Å². The molecule has 2 fully saturated rings. The van der Waals surface area contributed by atoms with Crippen LogP contribution in [0.3, 0.4) is 0 Å². The van der Waals surface area contributed by atoms with Crippen molar-refractivity contribution < 1.29 is 14.3 Å². The van der Waals surface area contributed by atoms with E-state index < -0.39 is 5.60 Å². The van der Waals surface area contributed by atoms with Crippen LogP contribution in [0.15, 0.2) is 54.6 Å². The molecule has 1 N–H and O–H groups in total. The highest BCUT2D eigenvalue weighted by atomic mass is 16.5. The molecule has 2 aromatic carbocycles. The van der Waals surface area contributed by atoms with Gasteiger partial charge in [-0.3, -0.25) is 9.69 Å². The van der Waals surface area contributed by atoms with Gasteiger partial charge in [-0.2, -0.15) is 0 Å². The number of carbonyl (C=O) groups is 1. The Morgan fingerprint density at radius 2 is 1.77 bits per heavy atom. The predicted octanol–water partition coefficient (Wildman–Crippen LogP) is 5.68. The maximum atomic E-state index is 14.2. The Morgan fingerprint density at radius 3 is 2.46 bits per heavy atom. The van der Waals surface area contributed by atoms with Gasteiger partial charge >= 0.3 is 0 Å². The fourth-order valence-corrected chi connectivity index (χ4v) is 5.75. The van der Waals surface area contributed by atoms with Gasteiger partial charge in [0.25, 0.3) is 5.91 Å². The van der Waals surface area contributed by atoms with E-state index >= 15 is 0 Å². The summed E-state index contributed by atoms with van der Waals surface area (Å²) >= 11 is 0. The summed E-state index contributed by atoms with van der Waals surface area (Å²) in [4.78, 5) is 16.7. The number of hydrogen-bond donors (Lipinski definition) is 1. The second kappa shape index (κ2) is 12.5. The average Bonchev–Trinajstić information content (AvgIpc) is 3.44. The third-order valence-electron chi connectivity index (χ3n) is 7.77. The van der Waals surface area contributed by atoms with Gasteiger partial charge in [0.15, 0.2) is 5.60 Å². The van der Waals surface area contributed by atoms with E-state index in [1.165, 1.54) is 5.56 Å². The molecule has 190 valence electrons. The summed E-state index contributed by atoms with van der Waals surface area (Å²) < 4.78 is 12.2. The molecule has 2 aliphatic rings. The van der Waals surface area contributed by atoms with Crippen molar-refractivity contribution in [2.75, 3.05) is 26.8 Å². The molecule has 1 atom stereocenters. The first-order valence-corrected chi connectivity index (χ1v) is 13.5. The van der Waals surface area contributed by atoms with Crippen molar-refractivity contribution in [3.05, 3.63) is 65.7 Å². The molecule has 2 aromatic rings. The molecule has 35 heavy (non-hydrogen) atoms. The molecule has 5 nitrogen and oxygen atoms in total. The lowest BCUT2D eigenvalue weighted by Crippen LogP contribution is -2.55. The zero-order chi connectivity index (χ0) is 24.5. The third kappa shape index (κ3) is 6.25. The first-order valence-electron chi connectivity index (χ1n) is 13.5. The number of piperidine rings is 1. The van der Waals surface area contributed by atoms with Crippen LogP contribution in [0.1, 0.15) is 69.4 Å². The Balaban J connectivity index is 1.50. The standard InChI is InChI=1S/C30H42N2O3/c1-3-4-21-35-30(25-13-8-9-14-25,26-15-10-16-28(22-26)34-2)29(33)31-27-17-19-32(20-18-27)23-24-11-6-5-7-12-24/h5-7,10-12,15-16,22,25,27H,3-4,8-9,13-14,17-21,23H2,1-2H3,(H,31,33). The number of likely N-dealkylation sites (tertiary alicyclic amines) is 1. The molecule has 1 saturated carbocycles. The average molecular weight is 479 g/mol. The van der Waals surface area contributed by atoms with Crippen molar-refractivity contribution in [3.8, 4) is 5.75 Å². The Bertz CT molecular complexity index is 920. The fourth-order valence-electron chi connectivity index (χ4n) is 5.75. The van der Waals surface area contributed by atoms with Crippen LogP contribution in [-0.2, 0) is 21.7 Å². The van der Waals surface area contributed by atoms with E-state index in [1.54, 1.807) is 7.11 Å². The Hall–Kier alpha value is -2.37. The van der Waals surface area contributed by atoms with E-state index in [9.17, 15) is 4.79 Å². The molecule has 5 heteroatoms. The number of ether oxygens (including phenoxy) is 2. The molecular formula is C30H42N2O3. The first kappa shape index (κ1) is 25.7. The molecule has 1 unspecified atom stereocenters. The predicted molar refractivity (Wildman–Crippen MR) is 140 cm³/mol. The molecule has 0 radical (unpaired) electrons. The van der Waals surface area contributed by atoms with Crippen LogP contribution in [-0.4, -0.2) is 43.7 Å². The number of nitrogens with one attached hydrogen (secondary N) is 1. The number of methoxy groups -OCH3 is 1. The van der Waals surface area contributed by atoms with E-state index in [1.807, 2.05) is 18.2 Å². The molecule has 1 saturated heterocycles. The minimum atomic E-state index is -0.957. The van der Waals surface area contributed by atoms with Gasteiger partial charge in [0.2, 0.25) is 0 Å². The Labute approximate surface area is 211 Å². The van der Waals surface area contributed by atoms with Crippen molar-refractivity contribution in [1.82, 2.24) is 10.2 Å². The minimum absolute atomic E-state index is 0.0373. The summed E-state index contributed by atoms with van der Waals surface area (Å²) in [6.07, 6.45) is 8.26. The largest absolute Gasteiger partial charge is 0.497 e. The summed E-state index contributed by atoms with van der Waals surface area (Å²) in [5.74, 6) is 0.992. The number of rotatable bonds is 11. The van der Waals surface area contributed by atoms with Crippen LogP contribution in [0, 0.1) is 5.92 Å². The SMILES string of the molecule is CCCCOC(C(=O)NC1CCN(Cc2ccccc2)CC1)(c1cccc(OC)c1)C1CCCC1. The molecule has 1 aliphatic heterocycles. The number of unbranched alkanes of at least 4 members (excludes halogenated alkanes) is 1. The van der Waals surface area contributed by atoms with E-state index in [0.717, 1.165) is 82.3 Å². The van der Waals surface area contributed by atoms with Crippen LogP contribution in [0.5, 0.6) is 5.75 Å². The summed E-state index contributed by atoms with van der Waals surface area (Å²) in [5, 5.41) is 3.45. The van der Waals surface area contributed by atoms with Gasteiger partial charge < -0.3 is 14.8 Å². The lowest BCUT2D eigenvalue weighted by molar-refractivity contribution is -0.160. The van der Waals surface area contributed by atoms with Crippen LogP contribution in [0.2, 0.25) is 0 Å². The molecule has 4 rings (SSSR count). The van der Waals surface area contributed by atoms with Crippen molar-refractivity contribution in [1.29, 1.82) is 0 Å². The van der Waals surface area contributed by atoms with E-state index in [-0.39, 0.29) is 17.9 Å². The van der Waals surface area contributed by atoms with Crippen molar-refractivity contribution in [3.63, 3.8) is 0 Å². The Morgan fingerprint density at radius 1 is 1.03 bits per heavy atom. The normalized spacial score (nSPS) is 19.4. The zero-order valence-electron chi connectivity index (χ0n) is 21.5. The second-order valence-corrected chi connectivity index (χ2v) is 10.2. The molecule has 0 spiro atoms. The lowest BCUT2D eigenvalue weighted by Gasteiger charge is -2.40. The lowest BCUT2D eigenvalue weighted by atomic mass is 9.78. The molecule has 1 heterocycles. The van der Waals surface area contributed by atoms with Gasteiger partial charge in [-0.15, -0.1) is 0 Å². The smallest absolute Gasteiger partial charge is 0.257 e. The van der Waals surface area contributed by atoms with Gasteiger partial charge in [0.1, 0.15) is 5.75 Å². The molecular weight excluding hydrogens is 436 g/mol. The highest BCUT2D eigenvalue weighted by molar-refractivity contribution is 5.87. The number of nitrogens with zero attached hydrogens (tertiary/aromatic N) is 1. The summed E-state index contributed by atoms with van der Waals surface area (Å²) in [7, 11) is 1.68. The van der Waals surface area contributed by atoms with Crippen LogP contribution in [0.25, 0.3) is 0 Å². The van der Waals surface area contributed by atoms with Crippen LogP contribution < -0.4 is 10.1 Å². The first-order chi connectivity index (χ1) is 17.2. The number of amides is 1. The van der Waals surface area contributed by atoms with Gasteiger partial charge in [0, 0.05) is 38.2 Å². The van der Waals surface area contributed by atoms with Crippen molar-refractivity contribution in [2.24, 2.45) is 5.92 Å². The van der Waals surface area contributed by atoms with Gasteiger partial charge in [0.05, 0.1) is 7.11 Å². The van der Waals surface area contributed by atoms with Crippen molar-refractivity contribution >= 4 is 5.91 Å². The quantitative estimate of drug-likeness (QED) is 0.422. The van der Waals surface area contributed by atoms with E-state index in [2.05, 4.69) is 53.5 Å². The highest BCUT2D eigenvalue weighted by Gasteiger charge is 2.50. The number of benzene rings is 2. The second-order valence-electron chi connectivity index (χ2n) is 10.2. The summed E-state index contributed by atoms with van der Waals surface area (Å²) in [6, 6.07) is 18.8. The van der Waals surface area contributed by atoms with Crippen LogP contribution >= 0.6 is 0 Å². The van der Waals surface area contributed by atoms with Crippen molar-refractivity contribution in [2.45, 2.75) is 76.5 Å². The van der Waals surface area contributed by atoms with E-state index in [0.29, 0.717) is 6.61 Å². The zero-order valence-corrected chi connectivity index (χ0v) is 21.5. The van der Waals surface area contributed by atoms with Gasteiger partial charge in [-0.25, -0.2) is 0 Å². The molecule has 0 bridgehead atoms. The third-order valence-corrected chi connectivity index (χ3v) is 7.77. The molecule has 1 amide bonds. The Kier molecular flexibility index (Phi) is 9.22. The fraction of sp³-hybridized carbons (Fsp3) is 0.567. The number of hydrogen-bond acceptors (Lipinski definition) is 4. The monoisotopic (exact) mass is 478 g/mol. The molecule has 1 aliphatic carbocycles. The highest BCUT2D eigenvalue weighted by Crippen LogP contribution is 2.45.